The molecule has 6 atom stereocenters. The normalized spacial score (nSPS) is 31.5. The van der Waals surface area contributed by atoms with Crippen molar-refractivity contribution in [1.82, 2.24) is 9.88 Å². The van der Waals surface area contributed by atoms with E-state index in [0.717, 1.165) is 30.5 Å². The van der Waals surface area contributed by atoms with Crippen molar-refractivity contribution in [3.05, 3.63) is 17.8 Å². The van der Waals surface area contributed by atoms with Gasteiger partial charge >= 0.3 is 6.61 Å². The minimum Gasteiger partial charge on any atom is -0.431 e. The predicted octanol–water partition coefficient (Wildman–Crippen LogP) is 3.71. The Hall–Kier alpha value is -2.09. The maximum Gasteiger partial charge on any atom is 0.387 e. The lowest BCUT2D eigenvalue weighted by Crippen LogP contribution is -2.20. The number of hydrogen-bond donors (Lipinski definition) is 2. The van der Waals surface area contributed by atoms with Crippen LogP contribution in [0, 0.1) is 35.0 Å². The van der Waals surface area contributed by atoms with Crippen LogP contribution in [0.25, 0.3) is 0 Å². The van der Waals surface area contributed by atoms with Gasteiger partial charge in [-0.3, -0.25) is 4.99 Å². The van der Waals surface area contributed by atoms with Crippen LogP contribution in [0.4, 0.5) is 14.6 Å². The number of hydrogen-bond acceptors (Lipinski definition) is 6. The van der Waals surface area contributed by atoms with E-state index in [0.29, 0.717) is 35.4 Å². The molecule has 3 aliphatic rings. The quantitative estimate of drug-likeness (QED) is 0.629. The lowest BCUT2D eigenvalue weighted by molar-refractivity contribution is -0.0495. The maximum absolute atomic E-state index is 12.6. The van der Waals surface area contributed by atoms with Crippen molar-refractivity contribution in [3.63, 3.8) is 0 Å². The van der Waals surface area contributed by atoms with Crippen LogP contribution >= 0.6 is 0 Å². The van der Waals surface area contributed by atoms with Crippen molar-refractivity contribution >= 4 is 17.2 Å². The summed E-state index contributed by atoms with van der Waals surface area (Å²) < 4.78 is 29.7. The highest BCUT2D eigenvalue weighted by atomic mass is 19.3. The number of rotatable bonds is 8. The lowest BCUT2D eigenvalue weighted by Gasteiger charge is -2.18. The number of nitrogens with one attached hydrogen (secondary N) is 1. The molecule has 6 unspecified atom stereocenters. The average Bonchev–Trinajstić information content (AvgIpc) is 3.09. The van der Waals surface area contributed by atoms with Crippen LogP contribution in [0.3, 0.4) is 0 Å². The molecule has 0 radical (unpaired) electrons. The van der Waals surface area contributed by atoms with E-state index >= 15 is 0 Å². The van der Waals surface area contributed by atoms with Gasteiger partial charge in [0, 0.05) is 54.7 Å². The van der Waals surface area contributed by atoms with Gasteiger partial charge in [-0.2, -0.15) is 8.78 Å². The molecule has 1 aromatic rings. The van der Waals surface area contributed by atoms with Crippen LogP contribution in [0.5, 0.6) is 5.75 Å². The Kier molecular flexibility index (Phi) is 5.79. The van der Waals surface area contributed by atoms with Crippen molar-refractivity contribution in [1.29, 1.82) is 5.41 Å². The molecule has 1 aromatic heterocycles. The Morgan fingerprint density at radius 2 is 2.17 bits per heavy atom. The van der Waals surface area contributed by atoms with E-state index in [1.54, 1.807) is 0 Å². The molecule has 1 saturated heterocycles. The number of aliphatic imine (C=N–C) groups is 1. The third-order valence-corrected chi connectivity index (χ3v) is 7.14. The van der Waals surface area contributed by atoms with E-state index in [4.69, 9.17) is 16.1 Å². The van der Waals surface area contributed by atoms with Gasteiger partial charge < -0.3 is 20.8 Å². The van der Waals surface area contributed by atoms with E-state index < -0.39 is 6.61 Å². The molecule has 3 N–H and O–H groups in total. The second kappa shape index (κ2) is 8.21. The molecule has 6 nitrogen and oxygen atoms in total. The van der Waals surface area contributed by atoms with E-state index in [1.807, 2.05) is 0 Å². The highest BCUT2D eigenvalue weighted by Gasteiger charge is 2.64. The second-order valence-electron chi connectivity index (χ2n) is 9.17. The molecule has 164 valence electrons. The zero-order valence-electron chi connectivity index (χ0n) is 17.8. The Balaban J connectivity index is 1.51. The first-order chi connectivity index (χ1) is 14.3. The average molecular weight is 420 g/mol. The van der Waals surface area contributed by atoms with Gasteiger partial charge in [0.25, 0.3) is 0 Å². The number of nitrogen functional groups attached to an aromatic ring is 1. The zero-order chi connectivity index (χ0) is 21.6. The SMILES string of the molecule is CCC(C)N=C(CC(=N)c1cnc(N)c(OC(F)F)c1)C1C2CC3CN(C)CC3C21. The van der Waals surface area contributed by atoms with Crippen LogP contribution in [0.15, 0.2) is 17.3 Å². The fraction of sp³-hybridized carbons (Fsp3) is 0.682. The molecular weight excluding hydrogens is 388 g/mol. The molecule has 2 saturated carbocycles. The van der Waals surface area contributed by atoms with Crippen LogP contribution in [-0.2, 0) is 0 Å². The van der Waals surface area contributed by atoms with Crippen molar-refractivity contribution < 1.29 is 13.5 Å². The van der Waals surface area contributed by atoms with Gasteiger partial charge in [0.15, 0.2) is 11.6 Å². The van der Waals surface area contributed by atoms with E-state index in [1.165, 1.54) is 25.2 Å². The number of anilines is 1. The predicted molar refractivity (Wildman–Crippen MR) is 113 cm³/mol. The number of halogens is 2. The zero-order valence-corrected chi connectivity index (χ0v) is 17.8. The van der Waals surface area contributed by atoms with Crippen LogP contribution in [-0.4, -0.2) is 54.1 Å². The van der Waals surface area contributed by atoms with Gasteiger partial charge in [-0.05, 0) is 56.6 Å². The minimum atomic E-state index is -2.98. The second-order valence-corrected chi connectivity index (χ2v) is 9.17. The Labute approximate surface area is 176 Å². The van der Waals surface area contributed by atoms with Crippen molar-refractivity contribution in [2.24, 2.45) is 34.6 Å². The number of alkyl halides is 2. The Morgan fingerprint density at radius 1 is 1.40 bits per heavy atom. The molecule has 1 aliphatic heterocycles. The van der Waals surface area contributed by atoms with Gasteiger partial charge in [-0.15, -0.1) is 0 Å². The van der Waals surface area contributed by atoms with Gasteiger partial charge in [-0.25, -0.2) is 4.98 Å². The van der Waals surface area contributed by atoms with Crippen molar-refractivity contribution in [2.45, 2.75) is 45.8 Å². The maximum atomic E-state index is 12.6. The third-order valence-electron chi connectivity index (χ3n) is 7.14. The first-order valence-corrected chi connectivity index (χ1v) is 10.8. The molecule has 0 aromatic carbocycles. The molecule has 8 heteroatoms. The summed E-state index contributed by atoms with van der Waals surface area (Å²) in [6, 6.07) is 1.59. The number of nitrogens with two attached hydrogens (primary N) is 1. The molecule has 30 heavy (non-hydrogen) atoms. The molecule has 0 spiro atoms. The summed E-state index contributed by atoms with van der Waals surface area (Å²) >= 11 is 0. The van der Waals surface area contributed by atoms with E-state index in [2.05, 4.69) is 35.5 Å². The Bertz CT molecular complexity index is 845. The van der Waals surface area contributed by atoms with Gasteiger partial charge in [0.2, 0.25) is 0 Å². The number of likely N-dealkylation sites (tertiary alicyclic amines) is 1. The summed E-state index contributed by atoms with van der Waals surface area (Å²) in [4.78, 5) is 11.4. The van der Waals surface area contributed by atoms with E-state index in [-0.39, 0.29) is 17.6 Å². The van der Waals surface area contributed by atoms with Gasteiger partial charge in [0.1, 0.15) is 0 Å². The number of pyridine rings is 1. The number of aromatic nitrogens is 1. The third kappa shape index (κ3) is 4.06. The van der Waals surface area contributed by atoms with Crippen LogP contribution < -0.4 is 10.5 Å². The number of nitrogens with zero attached hydrogens (tertiary/aromatic N) is 3. The highest BCUT2D eigenvalue weighted by Crippen LogP contribution is 2.65. The van der Waals surface area contributed by atoms with Gasteiger partial charge in [0.05, 0.1) is 0 Å². The summed E-state index contributed by atoms with van der Waals surface area (Å²) in [6.45, 7) is 3.59. The number of ether oxygens (including phenoxy) is 1. The molecule has 4 rings (SSSR count). The topological polar surface area (TPSA) is 87.6 Å². The highest BCUT2D eigenvalue weighted by molar-refractivity contribution is 6.12. The monoisotopic (exact) mass is 419 g/mol. The first-order valence-electron chi connectivity index (χ1n) is 10.8. The summed E-state index contributed by atoms with van der Waals surface area (Å²) in [6.07, 6.45) is 4.07. The van der Waals surface area contributed by atoms with Crippen molar-refractivity contribution in [2.75, 3.05) is 25.9 Å². The summed E-state index contributed by atoms with van der Waals surface area (Å²) in [5, 5.41) is 8.61. The Morgan fingerprint density at radius 3 is 2.87 bits per heavy atom. The molecule has 2 aliphatic carbocycles. The smallest absolute Gasteiger partial charge is 0.387 e. The van der Waals surface area contributed by atoms with Crippen molar-refractivity contribution in [3.8, 4) is 5.75 Å². The molecule has 2 heterocycles. The largest absolute Gasteiger partial charge is 0.431 e. The number of fused-ring (bicyclic) bond motifs is 3. The summed E-state index contributed by atoms with van der Waals surface area (Å²) in [5.41, 5.74) is 7.48. The minimum absolute atomic E-state index is 0.103. The summed E-state index contributed by atoms with van der Waals surface area (Å²) in [5.74, 6) is 3.07. The van der Waals surface area contributed by atoms with E-state index in [9.17, 15) is 8.78 Å². The summed E-state index contributed by atoms with van der Waals surface area (Å²) in [7, 11) is 2.20. The van der Waals surface area contributed by atoms with Crippen LogP contribution in [0.1, 0.15) is 38.7 Å². The molecule has 0 amide bonds. The standard InChI is InChI=1S/C22H31F2N5O/c1-4-11(2)28-17(20-14-5-13-9-29(3)10-15(13)19(14)20)7-16(25)12-6-18(30-22(23)24)21(26)27-8-12/h6,8,11,13-15,19-20,22,25H,4-5,7,9-10H2,1-3H3,(H2,26,27). The molecule has 3 fully saturated rings. The molecule has 0 bridgehead atoms. The van der Waals surface area contributed by atoms with Gasteiger partial charge in [-0.1, -0.05) is 6.92 Å². The lowest BCUT2D eigenvalue weighted by atomic mass is 9.89. The fourth-order valence-electron chi connectivity index (χ4n) is 5.63. The van der Waals surface area contributed by atoms with Crippen LogP contribution in [0.2, 0.25) is 0 Å². The molecular formula is C22H31F2N5O. The fourth-order valence-corrected chi connectivity index (χ4v) is 5.63. The first kappa shape index (κ1) is 21.2.